The molecule has 1 heterocycles. The highest BCUT2D eigenvalue weighted by molar-refractivity contribution is 6.05. The molecule has 0 atom stereocenters. The highest BCUT2D eigenvalue weighted by Crippen LogP contribution is 2.19. The van der Waals surface area contributed by atoms with Gasteiger partial charge in [-0.3, -0.25) is 14.9 Å². The molecule has 7 heteroatoms. The van der Waals surface area contributed by atoms with Crippen molar-refractivity contribution in [1.82, 2.24) is 0 Å². The van der Waals surface area contributed by atoms with Crippen molar-refractivity contribution in [3.63, 3.8) is 0 Å². The van der Waals surface area contributed by atoms with Crippen molar-refractivity contribution in [2.75, 3.05) is 5.32 Å². The van der Waals surface area contributed by atoms with E-state index < -0.39 is 16.5 Å². The van der Waals surface area contributed by atoms with Crippen LogP contribution in [0.5, 0.6) is 0 Å². The molecule has 7 nitrogen and oxygen atoms in total. The summed E-state index contributed by atoms with van der Waals surface area (Å²) in [6.45, 7) is 0. The molecular weight excluding hydrogens is 300 g/mol. The lowest BCUT2D eigenvalue weighted by Gasteiger charge is -2.06. The number of nitrogens with zero attached hydrogens (tertiary/aromatic N) is 1. The molecule has 1 aromatic heterocycles. The number of nitro benzene ring substituents is 1. The van der Waals surface area contributed by atoms with Gasteiger partial charge in [-0.25, -0.2) is 4.79 Å². The van der Waals surface area contributed by atoms with E-state index in [-0.39, 0.29) is 5.69 Å². The van der Waals surface area contributed by atoms with E-state index in [0.29, 0.717) is 22.2 Å². The molecule has 0 radical (unpaired) electrons. The Morgan fingerprint density at radius 3 is 2.48 bits per heavy atom. The van der Waals surface area contributed by atoms with Gasteiger partial charge in [0, 0.05) is 34.8 Å². The molecule has 0 unspecified atom stereocenters. The number of hydrogen-bond donors (Lipinski definition) is 1. The zero-order valence-corrected chi connectivity index (χ0v) is 11.7. The van der Waals surface area contributed by atoms with E-state index in [0.717, 1.165) is 0 Å². The Hall–Kier alpha value is -3.48. The van der Waals surface area contributed by atoms with Gasteiger partial charge in [0.25, 0.3) is 11.6 Å². The normalized spacial score (nSPS) is 10.4. The smallest absolute Gasteiger partial charge is 0.336 e. The van der Waals surface area contributed by atoms with Crippen LogP contribution in [0.1, 0.15) is 10.4 Å². The number of non-ortho nitro benzene ring substituents is 1. The van der Waals surface area contributed by atoms with Crippen LogP contribution in [0.4, 0.5) is 11.4 Å². The Balaban J connectivity index is 1.83. The largest absolute Gasteiger partial charge is 0.423 e. The number of carbonyl (C=O) groups is 1. The first-order valence-electron chi connectivity index (χ1n) is 6.63. The fourth-order valence-electron chi connectivity index (χ4n) is 2.09. The summed E-state index contributed by atoms with van der Waals surface area (Å²) in [6.07, 6.45) is 0. The lowest BCUT2D eigenvalue weighted by Crippen LogP contribution is -2.11. The first-order chi connectivity index (χ1) is 11.0. The second-order valence-corrected chi connectivity index (χ2v) is 4.77. The predicted molar refractivity (Wildman–Crippen MR) is 83.5 cm³/mol. The van der Waals surface area contributed by atoms with Crippen LogP contribution in [0.3, 0.4) is 0 Å². The lowest BCUT2D eigenvalue weighted by atomic mass is 10.1. The summed E-state index contributed by atoms with van der Waals surface area (Å²) in [4.78, 5) is 33.3. The van der Waals surface area contributed by atoms with E-state index >= 15 is 0 Å². The molecule has 0 spiro atoms. The molecule has 3 aromatic rings. The third-order valence-electron chi connectivity index (χ3n) is 3.22. The van der Waals surface area contributed by atoms with Crippen LogP contribution < -0.4 is 10.9 Å². The van der Waals surface area contributed by atoms with E-state index in [9.17, 15) is 19.7 Å². The molecular formula is C16H10N2O5. The third-order valence-corrected chi connectivity index (χ3v) is 3.22. The number of nitrogens with one attached hydrogen (secondary N) is 1. The molecule has 23 heavy (non-hydrogen) atoms. The molecule has 0 aliphatic carbocycles. The summed E-state index contributed by atoms with van der Waals surface area (Å²) in [7, 11) is 0. The van der Waals surface area contributed by atoms with Gasteiger partial charge >= 0.3 is 5.63 Å². The zero-order valence-electron chi connectivity index (χ0n) is 11.7. The topological polar surface area (TPSA) is 102 Å². The maximum atomic E-state index is 12.1. The number of amides is 1. The molecule has 0 saturated carbocycles. The number of fused-ring (bicyclic) bond motifs is 1. The molecule has 2 aromatic carbocycles. The summed E-state index contributed by atoms with van der Waals surface area (Å²) < 4.78 is 5.01. The number of carbonyl (C=O) groups excluding carboxylic acids is 1. The second kappa shape index (κ2) is 5.72. The average Bonchev–Trinajstić information content (AvgIpc) is 2.55. The monoisotopic (exact) mass is 310 g/mol. The number of anilines is 1. The van der Waals surface area contributed by atoms with Crippen LogP contribution in [0.2, 0.25) is 0 Å². The Bertz CT molecular complexity index is 960. The number of hydrogen-bond acceptors (Lipinski definition) is 5. The van der Waals surface area contributed by atoms with E-state index in [4.69, 9.17) is 4.42 Å². The van der Waals surface area contributed by atoms with Crippen molar-refractivity contribution in [2.24, 2.45) is 0 Å². The quantitative estimate of drug-likeness (QED) is 0.455. The second-order valence-electron chi connectivity index (χ2n) is 4.77. The molecule has 0 saturated heterocycles. The van der Waals surface area contributed by atoms with Gasteiger partial charge in [-0.15, -0.1) is 0 Å². The van der Waals surface area contributed by atoms with Crippen LogP contribution >= 0.6 is 0 Å². The van der Waals surface area contributed by atoms with Crippen LogP contribution in [0.25, 0.3) is 11.0 Å². The molecule has 0 bridgehead atoms. The molecule has 0 aliphatic rings. The van der Waals surface area contributed by atoms with Crippen LogP contribution in [-0.4, -0.2) is 10.8 Å². The summed E-state index contributed by atoms with van der Waals surface area (Å²) in [5.41, 5.74) is 0.721. The molecule has 0 fully saturated rings. The minimum absolute atomic E-state index is 0.0812. The van der Waals surface area contributed by atoms with Gasteiger partial charge < -0.3 is 9.73 Å². The minimum Gasteiger partial charge on any atom is -0.423 e. The Morgan fingerprint density at radius 2 is 1.78 bits per heavy atom. The van der Waals surface area contributed by atoms with Crippen molar-refractivity contribution in [2.45, 2.75) is 0 Å². The Morgan fingerprint density at radius 1 is 1.04 bits per heavy atom. The fourth-order valence-corrected chi connectivity index (χ4v) is 2.09. The standard InChI is InChI=1S/C16H10N2O5/c19-15-8-3-11-9-12(4-7-14(11)23-15)17-16(20)10-1-5-13(6-2-10)18(21)22/h1-9H,(H,17,20). The predicted octanol–water partition coefficient (Wildman–Crippen LogP) is 2.95. The highest BCUT2D eigenvalue weighted by Gasteiger charge is 2.10. The number of benzene rings is 2. The summed E-state index contributed by atoms with van der Waals surface area (Å²) in [6, 6.07) is 13.1. The maximum absolute atomic E-state index is 12.1. The average molecular weight is 310 g/mol. The van der Waals surface area contributed by atoms with Gasteiger partial charge in [-0.2, -0.15) is 0 Å². The molecule has 1 amide bonds. The molecule has 1 N–H and O–H groups in total. The molecule has 0 aliphatic heterocycles. The van der Waals surface area contributed by atoms with E-state index in [2.05, 4.69) is 5.32 Å². The number of nitro groups is 1. The van der Waals surface area contributed by atoms with E-state index in [1.807, 2.05) is 0 Å². The molecule has 3 rings (SSSR count). The van der Waals surface area contributed by atoms with Crippen molar-refractivity contribution in [1.29, 1.82) is 0 Å². The Labute approximate surface area is 129 Å². The Kier molecular flexibility index (Phi) is 3.60. The van der Waals surface area contributed by atoms with Gasteiger partial charge in [0.15, 0.2) is 0 Å². The van der Waals surface area contributed by atoms with E-state index in [1.54, 1.807) is 24.3 Å². The van der Waals surface area contributed by atoms with Crippen molar-refractivity contribution in [3.8, 4) is 0 Å². The van der Waals surface area contributed by atoms with Crippen LogP contribution in [-0.2, 0) is 0 Å². The minimum atomic E-state index is -0.529. The fraction of sp³-hybridized carbons (Fsp3) is 0. The summed E-state index contributed by atoms with van der Waals surface area (Å²) in [5.74, 6) is -0.392. The van der Waals surface area contributed by atoms with Crippen molar-refractivity contribution in [3.05, 3.63) is 80.7 Å². The van der Waals surface area contributed by atoms with Gasteiger partial charge in [0.2, 0.25) is 0 Å². The summed E-state index contributed by atoms with van der Waals surface area (Å²) in [5, 5.41) is 14.0. The first-order valence-corrected chi connectivity index (χ1v) is 6.63. The third kappa shape index (κ3) is 3.08. The van der Waals surface area contributed by atoms with Crippen molar-refractivity contribution < 1.29 is 14.1 Å². The van der Waals surface area contributed by atoms with Gasteiger partial charge in [0.05, 0.1) is 4.92 Å². The maximum Gasteiger partial charge on any atom is 0.336 e. The SMILES string of the molecule is O=C(Nc1ccc2oc(=O)ccc2c1)c1ccc([N+](=O)[O-])cc1. The lowest BCUT2D eigenvalue weighted by molar-refractivity contribution is -0.384. The molecule has 114 valence electrons. The van der Waals surface area contributed by atoms with E-state index in [1.165, 1.54) is 30.3 Å². The van der Waals surface area contributed by atoms with Crippen LogP contribution in [0, 0.1) is 10.1 Å². The van der Waals surface area contributed by atoms with Gasteiger partial charge in [-0.1, -0.05) is 0 Å². The number of rotatable bonds is 3. The first kappa shape index (κ1) is 14.5. The zero-order chi connectivity index (χ0) is 16.4. The highest BCUT2D eigenvalue weighted by atomic mass is 16.6. The van der Waals surface area contributed by atoms with Gasteiger partial charge in [-0.05, 0) is 36.4 Å². The van der Waals surface area contributed by atoms with Gasteiger partial charge in [0.1, 0.15) is 5.58 Å². The summed E-state index contributed by atoms with van der Waals surface area (Å²) >= 11 is 0. The van der Waals surface area contributed by atoms with Crippen molar-refractivity contribution >= 4 is 28.3 Å². The van der Waals surface area contributed by atoms with Crippen LogP contribution in [0.15, 0.2) is 63.8 Å².